The maximum atomic E-state index is 12.8. The van der Waals surface area contributed by atoms with Gasteiger partial charge in [-0.2, -0.15) is 0 Å². The van der Waals surface area contributed by atoms with E-state index in [-0.39, 0.29) is 26.1 Å². The average Bonchev–Trinajstić information content (AvgIpc) is 3.32. The van der Waals surface area contributed by atoms with Crippen LogP contribution in [0.4, 0.5) is 0 Å². The maximum absolute atomic E-state index is 12.8. The van der Waals surface area contributed by atoms with Crippen molar-refractivity contribution in [1.29, 1.82) is 0 Å². The second-order valence-corrected chi connectivity index (χ2v) is 20.9. The first-order valence-corrected chi connectivity index (χ1v) is 29.4. The van der Waals surface area contributed by atoms with Crippen molar-refractivity contribution >= 4 is 19.8 Å². The highest BCUT2D eigenvalue weighted by molar-refractivity contribution is 7.45. The molecule has 0 amide bonds. The van der Waals surface area contributed by atoms with Gasteiger partial charge in [0.15, 0.2) is 6.10 Å². The summed E-state index contributed by atoms with van der Waals surface area (Å²) in [6, 6.07) is 0. The topological polar surface area (TPSA) is 111 Å². The number of hydrogen-bond donors (Lipinski definition) is 0. The Morgan fingerprint density at radius 1 is 0.443 bits per heavy atom. The number of carbonyl (C=O) groups excluding carboxylic acids is 2. The van der Waals surface area contributed by atoms with E-state index >= 15 is 0 Å². The molecular formula is C60H104NO8P. The number of carbonyl (C=O) groups is 2. The van der Waals surface area contributed by atoms with Gasteiger partial charge in [-0.25, -0.2) is 0 Å². The number of ether oxygens (including phenoxy) is 2. The van der Waals surface area contributed by atoms with Crippen LogP contribution < -0.4 is 4.89 Å². The molecule has 0 aromatic heterocycles. The summed E-state index contributed by atoms with van der Waals surface area (Å²) in [6.07, 6.45) is 69.0. The van der Waals surface area contributed by atoms with Gasteiger partial charge in [-0.15, -0.1) is 0 Å². The summed E-state index contributed by atoms with van der Waals surface area (Å²) < 4.78 is 34.0. The first kappa shape index (κ1) is 66.9. The standard InChI is InChI=1S/C60H104NO8P/c1-6-8-10-12-14-16-18-20-21-22-23-24-25-26-27-28-29-30-31-32-33-34-35-36-37-38-39-41-43-45-47-49-51-53-60(63)69-58(57-68-70(64,65)67-55-54-61(3,4)5)56-66-59(62)52-50-48-46-44-42-40-19-17-15-13-11-9-7-2/h8-11,14-17,20-21,23-24,26-27,40,42,58H,6-7,12-13,18-19,22,25,28-39,41,43-57H2,1-5H3/b10-8-,11-9-,16-14-,17-15-,21-20-,24-23-,27-26-,42-40-. The molecule has 0 aliphatic carbocycles. The third-order valence-electron chi connectivity index (χ3n) is 11.6. The lowest BCUT2D eigenvalue weighted by molar-refractivity contribution is -0.870. The van der Waals surface area contributed by atoms with Crippen molar-refractivity contribution < 1.29 is 42.1 Å². The van der Waals surface area contributed by atoms with Crippen molar-refractivity contribution in [2.45, 2.75) is 225 Å². The highest BCUT2D eigenvalue weighted by Gasteiger charge is 2.21. The highest BCUT2D eigenvalue weighted by atomic mass is 31.2. The minimum Gasteiger partial charge on any atom is -0.756 e. The molecule has 0 N–H and O–H groups in total. The van der Waals surface area contributed by atoms with Gasteiger partial charge in [-0.05, 0) is 89.9 Å². The van der Waals surface area contributed by atoms with Crippen molar-refractivity contribution in [1.82, 2.24) is 0 Å². The molecule has 0 aliphatic rings. The normalized spacial score (nSPS) is 14.1. The van der Waals surface area contributed by atoms with E-state index < -0.39 is 32.5 Å². The molecule has 2 atom stereocenters. The second-order valence-electron chi connectivity index (χ2n) is 19.5. The lowest BCUT2D eigenvalue weighted by Gasteiger charge is -2.28. The SMILES string of the molecule is CC/C=C\C/C=C\C/C=C\C/C=C\C/C=C\CCCCCCCCCCCCCCCCCCCC(=O)OC(COC(=O)CCCCC/C=C\C/C=C\C/C=C\CC)COP(=O)([O-])OCC[N+](C)(C)C. The van der Waals surface area contributed by atoms with Gasteiger partial charge < -0.3 is 27.9 Å². The van der Waals surface area contributed by atoms with Crippen LogP contribution in [-0.4, -0.2) is 70.0 Å². The fourth-order valence-electron chi connectivity index (χ4n) is 7.34. The Balaban J connectivity index is 4.07. The molecule has 0 saturated carbocycles. The Morgan fingerprint density at radius 2 is 0.771 bits per heavy atom. The molecule has 0 radical (unpaired) electrons. The first-order chi connectivity index (χ1) is 34.0. The molecule has 10 heteroatoms. The van der Waals surface area contributed by atoms with Crippen molar-refractivity contribution in [2.24, 2.45) is 0 Å². The van der Waals surface area contributed by atoms with Gasteiger partial charge in [-0.3, -0.25) is 14.2 Å². The molecule has 70 heavy (non-hydrogen) atoms. The van der Waals surface area contributed by atoms with Gasteiger partial charge >= 0.3 is 11.9 Å². The number of esters is 2. The number of quaternary nitrogens is 1. The number of likely N-dealkylation sites (N-methyl/N-ethyl adjacent to an activating group) is 1. The smallest absolute Gasteiger partial charge is 0.306 e. The number of allylic oxidation sites excluding steroid dienone is 16. The van der Waals surface area contributed by atoms with E-state index in [0.29, 0.717) is 23.9 Å². The summed E-state index contributed by atoms with van der Waals surface area (Å²) in [5.41, 5.74) is 0. The van der Waals surface area contributed by atoms with Crippen molar-refractivity contribution in [3.8, 4) is 0 Å². The summed E-state index contributed by atoms with van der Waals surface area (Å²) in [5.74, 6) is -0.870. The molecule has 0 heterocycles. The van der Waals surface area contributed by atoms with Crippen LogP contribution in [0.2, 0.25) is 0 Å². The number of nitrogens with zero attached hydrogens (tertiary/aromatic N) is 1. The number of unbranched alkanes of at least 4 members (excludes halogenated alkanes) is 20. The van der Waals surface area contributed by atoms with Crippen LogP contribution in [0, 0.1) is 0 Å². The molecule has 0 spiro atoms. The third kappa shape index (κ3) is 54.3. The van der Waals surface area contributed by atoms with Crippen molar-refractivity contribution in [3.05, 3.63) is 97.2 Å². The van der Waals surface area contributed by atoms with Gasteiger partial charge in [-0.1, -0.05) is 214 Å². The van der Waals surface area contributed by atoms with Gasteiger partial charge in [0, 0.05) is 12.8 Å². The zero-order valence-electron chi connectivity index (χ0n) is 45.4. The molecule has 0 aliphatic heterocycles. The monoisotopic (exact) mass is 998 g/mol. The third-order valence-corrected chi connectivity index (χ3v) is 12.6. The fourth-order valence-corrected chi connectivity index (χ4v) is 8.07. The van der Waals surface area contributed by atoms with E-state index in [1.54, 1.807) is 0 Å². The van der Waals surface area contributed by atoms with Crippen LogP contribution >= 0.6 is 7.82 Å². The van der Waals surface area contributed by atoms with Gasteiger partial charge in [0.2, 0.25) is 0 Å². The zero-order chi connectivity index (χ0) is 51.3. The lowest BCUT2D eigenvalue weighted by atomic mass is 10.0. The summed E-state index contributed by atoms with van der Waals surface area (Å²) in [7, 11) is 1.14. The van der Waals surface area contributed by atoms with E-state index in [4.69, 9.17) is 18.5 Å². The first-order valence-electron chi connectivity index (χ1n) is 27.9. The molecular weight excluding hydrogens is 894 g/mol. The van der Waals surface area contributed by atoms with Crippen LogP contribution in [0.25, 0.3) is 0 Å². The van der Waals surface area contributed by atoms with E-state index in [1.165, 1.54) is 89.9 Å². The predicted molar refractivity (Wildman–Crippen MR) is 295 cm³/mol. The molecule has 9 nitrogen and oxygen atoms in total. The number of hydrogen-bond acceptors (Lipinski definition) is 8. The molecule has 402 valence electrons. The Hall–Kier alpha value is -3.07. The predicted octanol–water partition coefficient (Wildman–Crippen LogP) is 16.6. The number of phosphoric acid groups is 1. The molecule has 2 unspecified atom stereocenters. The van der Waals surface area contributed by atoms with E-state index in [1.807, 2.05) is 21.1 Å². The fraction of sp³-hybridized carbons (Fsp3) is 0.700. The summed E-state index contributed by atoms with van der Waals surface area (Å²) in [6.45, 7) is 3.97. The van der Waals surface area contributed by atoms with Crippen LogP contribution in [0.3, 0.4) is 0 Å². The lowest BCUT2D eigenvalue weighted by Crippen LogP contribution is -2.37. The largest absolute Gasteiger partial charge is 0.756 e. The van der Waals surface area contributed by atoms with Crippen LogP contribution in [0.1, 0.15) is 219 Å². The molecule has 0 fully saturated rings. The van der Waals surface area contributed by atoms with Crippen LogP contribution in [0.5, 0.6) is 0 Å². The Bertz CT molecular complexity index is 1500. The van der Waals surface area contributed by atoms with Crippen LogP contribution in [0.15, 0.2) is 97.2 Å². The average molecular weight is 998 g/mol. The van der Waals surface area contributed by atoms with Gasteiger partial charge in [0.05, 0.1) is 27.7 Å². The van der Waals surface area contributed by atoms with Gasteiger partial charge in [0.1, 0.15) is 19.8 Å². The number of phosphoric ester groups is 1. The van der Waals surface area contributed by atoms with Crippen molar-refractivity contribution in [3.63, 3.8) is 0 Å². The molecule has 0 bridgehead atoms. The Kier molecular flexibility index (Phi) is 48.6. The summed E-state index contributed by atoms with van der Waals surface area (Å²) >= 11 is 0. The van der Waals surface area contributed by atoms with E-state index in [9.17, 15) is 19.0 Å². The summed E-state index contributed by atoms with van der Waals surface area (Å²) in [4.78, 5) is 37.7. The van der Waals surface area contributed by atoms with Crippen LogP contribution in [-0.2, 0) is 32.7 Å². The minimum atomic E-state index is -4.64. The molecule has 0 saturated heterocycles. The van der Waals surface area contributed by atoms with E-state index in [2.05, 4.69) is 111 Å². The minimum absolute atomic E-state index is 0.0389. The van der Waals surface area contributed by atoms with E-state index in [0.717, 1.165) is 89.9 Å². The van der Waals surface area contributed by atoms with Gasteiger partial charge in [0.25, 0.3) is 7.82 Å². The maximum Gasteiger partial charge on any atom is 0.306 e. The molecule has 0 aromatic rings. The van der Waals surface area contributed by atoms with Crippen molar-refractivity contribution in [2.75, 3.05) is 47.5 Å². The molecule has 0 aromatic carbocycles. The summed E-state index contributed by atoms with van der Waals surface area (Å²) in [5, 5.41) is 0. The Morgan fingerprint density at radius 3 is 1.16 bits per heavy atom. The quantitative estimate of drug-likeness (QED) is 0.0195. The number of rotatable bonds is 50. The zero-order valence-corrected chi connectivity index (χ0v) is 46.3. The highest BCUT2D eigenvalue weighted by Crippen LogP contribution is 2.38. The molecule has 0 rings (SSSR count). The Labute approximate surface area is 430 Å². The second kappa shape index (κ2) is 50.9.